The first-order chi connectivity index (χ1) is 8.60. The molecule has 0 amide bonds. The van der Waals surface area contributed by atoms with Crippen LogP contribution in [0.15, 0.2) is 36.7 Å². The molecular weight excluding hydrogens is 224 g/mol. The summed E-state index contributed by atoms with van der Waals surface area (Å²) in [5, 5.41) is 1.92. The van der Waals surface area contributed by atoms with Gasteiger partial charge in [-0.25, -0.2) is 0 Å². The van der Waals surface area contributed by atoms with Crippen LogP contribution in [0.4, 0.5) is 0 Å². The molecule has 1 aliphatic rings. The number of rotatable bonds is 3. The van der Waals surface area contributed by atoms with Gasteiger partial charge < -0.3 is 5.73 Å². The number of aromatic nitrogens is 1. The monoisotopic (exact) mass is 240 g/mol. The number of pyridine rings is 1. The number of hydrogen-bond acceptors (Lipinski definition) is 3. The zero-order valence-electron chi connectivity index (χ0n) is 10.4. The largest absolute Gasteiger partial charge is 0.319 e. The van der Waals surface area contributed by atoms with Crippen LogP contribution in [0, 0.1) is 5.92 Å². The Labute approximate surface area is 106 Å². The highest BCUT2D eigenvalue weighted by Crippen LogP contribution is 2.40. The molecule has 3 nitrogen and oxygen atoms in total. The number of ketones is 1. The molecule has 0 spiro atoms. The predicted molar refractivity (Wildman–Crippen MR) is 71.4 cm³/mol. The van der Waals surface area contributed by atoms with E-state index in [9.17, 15) is 4.79 Å². The number of nitrogens with two attached hydrogens (primary N) is 1. The van der Waals surface area contributed by atoms with Crippen molar-refractivity contribution in [1.29, 1.82) is 0 Å². The Kier molecular flexibility index (Phi) is 2.45. The van der Waals surface area contributed by atoms with Crippen LogP contribution in [0.2, 0.25) is 0 Å². The number of nitrogens with zero attached hydrogens (tertiary/aromatic N) is 1. The number of hydrogen-bond donors (Lipinski definition) is 1. The fourth-order valence-electron chi connectivity index (χ4n) is 2.46. The summed E-state index contributed by atoms with van der Waals surface area (Å²) in [6, 6.07) is 7.79. The zero-order valence-corrected chi connectivity index (χ0v) is 10.4. The van der Waals surface area contributed by atoms with E-state index in [-0.39, 0.29) is 5.78 Å². The highest BCUT2D eigenvalue weighted by molar-refractivity contribution is 6.12. The van der Waals surface area contributed by atoms with Gasteiger partial charge in [-0.2, -0.15) is 0 Å². The maximum Gasteiger partial charge on any atom is 0.184 e. The van der Waals surface area contributed by atoms with Gasteiger partial charge in [-0.05, 0) is 31.1 Å². The van der Waals surface area contributed by atoms with Gasteiger partial charge in [-0.1, -0.05) is 24.3 Å². The minimum Gasteiger partial charge on any atom is -0.319 e. The lowest BCUT2D eigenvalue weighted by atomic mass is 9.86. The molecule has 1 atom stereocenters. The molecule has 18 heavy (non-hydrogen) atoms. The van der Waals surface area contributed by atoms with Crippen LogP contribution in [0.25, 0.3) is 10.8 Å². The number of Topliss-reactive ketones (excluding diaryl/α,β-unsaturated/α-hetero) is 1. The summed E-state index contributed by atoms with van der Waals surface area (Å²) in [6.45, 7) is 1.84. The third-order valence-electron chi connectivity index (χ3n) is 3.83. The molecule has 0 radical (unpaired) electrons. The van der Waals surface area contributed by atoms with Crippen molar-refractivity contribution in [3.05, 3.63) is 42.2 Å². The molecule has 2 aromatic rings. The summed E-state index contributed by atoms with van der Waals surface area (Å²) < 4.78 is 0. The van der Waals surface area contributed by atoms with Crippen molar-refractivity contribution in [2.75, 3.05) is 0 Å². The molecule has 1 aromatic carbocycles. The van der Waals surface area contributed by atoms with Crippen molar-refractivity contribution in [2.45, 2.75) is 25.3 Å². The van der Waals surface area contributed by atoms with Gasteiger partial charge in [-0.3, -0.25) is 9.78 Å². The summed E-state index contributed by atoms with van der Waals surface area (Å²) in [4.78, 5) is 16.7. The van der Waals surface area contributed by atoms with E-state index in [1.807, 2.05) is 31.2 Å². The van der Waals surface area contributed by atoms with Crippen LogP contribution in [0.1, 0.15) is 30.1 Å². The molecule has 1 heterocycles. The predicted octanol–water partition coefficient (Wildman–Crippen LogP) is 2.54. The maximum atomic E-state index is 12.6. The first-order valence-electron chi connectivity index (χ1n) is 6.27. The Morgan fingerprint density at radius 2 is 2.06 bits per heavy atom. The second kappa shape index (κ2) is 3.89. The molecule has 1 aromatic heterocycles. The smallest absolute Gasteiger partial charge is 0.184 e. The summed E-state index contributed by atoms with van der Waals surface area (Å²) in [5.41, 5.74) is 6.10. The van der Waals surface area contributed by atoms with E-state index in [1.54, 1.807) is 12.4 Å². The Morgan fingerprint density at radius 1 is 1.33 bits per heavy atom. The molecular formula is C15H16N2O. The molecule has 0 aliphatic heterocycles. The number of fused-ring (bicyclic) bond motifs is 1. The molecule has 1 saturated carbocycles. The van der Waals surface area contributed by atoms with E-state index in [0.717, 1.165) is 23.6 Å². The first-order valence-corrected chi connectivity index (χ1v) is 6.27. The minimum atomic E-state index is -0.758. The van der Waals surface area contributed by atoms with Crippen molar-refractivity contribution < 1.29 is 4.79 Å². The fraction of sp³-hybridized carbons (Fsp3) is 0.333. The Bertz CT molecular complexity index is 609. The number of benzene rings is 1. The highest BCUT2D eigenvalue weighted by atomic mass is 16.1. The first kappa shape index (κ1) is 11.4. The number of carbonyl (C=O) groups excluding carboxylic acids is 1. The lowest BCUT2D eigenvalue weighted by molar-refractivity contribution is 0.0884. The maximum absolute atomic E-state index is 12.6. The van der Waals surface area contributed by atoms with Gasteiger partial charge in [0.15, 0.2) is 5.78 Å². The lowest BCUT2D eigenvalue weighted by Crippen LogP contribution is -2.47. The van der Waals surface area contributed by atoms with Crippen LogP contribution in [-0.4, -0.2) is 16.3 Å². The average molecular weight is 240 g/mol. The van der Waals surface area contributed by atoms with Gasteiger partial charge in [-0.15, -0.1) is 0 Å². The molecule has 1 fully saturated rings. The molecule has 1 unspecified atom stereocenters. The van der Waals surface area contributed by atoms with Gasteiger partial charge >= 0.3 is 0 Å². The third kappa shape index (κ3) is 1.71. The standard InChI is InChI=1S/C15H16N2O/c1-15(16,11-6-7-11)14(18)13-9-17-8-10-4-2-3-5-12(10)13/h2-5,8-9,11H,6-7,16H2,1H3. The fourth-order valence-corrected chi connectivity index (χ4v) is 2.46. The quantitative estimate of drug-likeness (QED) is 0.839. The van der Waals surface area contributed by atoms with Gasteiger partial charge in [0, 0.05) is 23.3 Å². The topological polar surface area (TPSA) is 56.0 Å². The SMILES string of the molecule is CC(N)(C(=O)c1cncc2ccccc12)C1CC1. The molecule has 0 saturated heterocycles. The normalized spacial score (nSPS) is 18.6. The van der Waals surface area contributed by atoms with E-state index >= 15 is 0 Å². The van der Waals surface area contributed by atoms with Gasteiger partial charge in [0.05, 0.1) is 5.54 Å². The lowest BCUT2D eigenvalue weighted by Gasteiger charge is -2.23. The van der Waals surface area contributed by atoms with Crippen LogP contribution in [0.3, 0.4) is 0 Å². The van der Waals surface area contributed by atoms with Crippen molar-refractivity contribution in [3.63, 3.8) is 0 Å². The van der Waals surface area contributed by atoms with Crippen LogP contribution in [0.5, 0.6) is 0 Å². The highest BCUT2D eigenvalue weighted by Gasteiger charge is 2.44. The van der Waals surface area contributed by atoms with Crippen LogP contribution >= 0.6 is 0 Å². The van der Waals surface area contributed by atoms with E-state index in [2.05, 4.69) is 4.98 Å². The van der Waals surface area contributed by atoms with E-state index in [1.165, 1.54) is 0 Å². The molecule has 3 heteroatoms. The van der Waals surface area contributed by atoms with E-state index in [4.69, 9.17) is 5.73 Å². The van der Waals surface area contributed by atoms with Crippen molar-refractivity contribution >= 4 is 16.6 Å². The minimum absolute atomic E-state index is 0.00861. The second-order valence-corrected chi connectivity index (χ2v) is 5.29. The van der Waals surface area contributed by atoms with Gasteiger partial charge in [0.25, 0.3) is 0 Å². The van der Waals surface area contributed by atoms with Gasteiger partial charge in [0.2, 0.25) is 0 Å². The zero-order chi connectivity index (χ0) is 12.8. The van der Waals surface area contributed by atoms with Crippen LogP contribution in [-0.2, 0) is 0 Å². The summed E-state index contributed by atoms with van der Waals surface area (Å²) in [6.07, 6.45) is 5.52. The molecule has 2 N–H and O–H groups in total. The second-order valence-electron chi connectivity index (χ2n) is 5.29. The van der Waals surface area contributed by atoms with E-state index in [0.29, 0.717) is 11.5 Å². The van der Waals surface area contributed by atoms with Gasteiger partial charge in [0.1, 0.15) is 0 Å². The molecule has 3 rings (SSSR count). The Balaban J connectivity index is 2.11. The van der Waals surface area contributed by atoms with E-state index < -0.39 is 5.54 Å². The molecule has 1 aliphatic carbocycles. The van der Waals surface area contributed by atoms with Crippen molar-refractivity contribution in [2.24, 2.45) is 11.7 Å². The third-order valence-corrected chi connectivity index (χ3v) is 3.83. The molecule has 0 bridgehead atoms. The average Bonchev–Trinajstić information content (AvgIpc) is 3.22. The van der Waals surface area contributed by atoms with Crippen molar-refractivity contribution in [3.8, 4) is 0 Å². The summed E-state index contributed by atoms with van der Waals surface area (Å²) >= 11 is 0. The van der Waals surface area contributed by atoms with Crippen LogP contribution < -0.4 is 5.73 Å². The summed E-state index contributed by atoms with van der Waals surface area (Å²) in [7, 11) is 0. The Hall–Kier alpha value is -1.74. The number of carbonyl (C=O) groups is 1. The van der Waals surface area contributed by atoms with Crippen molar-refractivity contribution in [1.82, 2.24) is 4.98 Å². The molecule has 92 valence electrons. The summed E-state index contributed by atoms with van der Waals surface area (Å²) in [5.74, 6) is 0.332. The Morgan fingerprint density at radius 3 is 2.78 bits per heavy atom.